The number of pyridine rings is 1. The molecule has 5 nitrogen and oxygen atoms in total. The second kappa shape index (κ2) is 5.39. The molecule has 1 aromatic carbocycles. The van der Waals surface area contributed by atoms with Crippen molar-refractivity contribution in [3.8, 4) is 11.1 Å². The van der Waals surface area contributed by atoms with Gasteiger partial charge in [-0.15, -0.1) is 0 Å². The molecule has 0 fully saturated rings. The Labute approximate surface area is 117 Å². The lowest BCUT2D eigenvalue weighted by Gasteiger charge is -2.06. The van der Waals surface area contributed by atoms with Gasteiger partial charge >= 0.3 is 0 Å². The topological polar surface area (TPSA) is 84.7 Å². The predicted octanol–water partition coefficient (Wildman–Crippen LogP) is 1.71. The number of anilines is 1. The van der Waals surface area contributed by atoms with Gasteiger partial charge < -0.3 is 10.5 Å². The van der Waals surface area contributed by atoms with Crippen molar-refractivity contribution in [3.05, 3.63) is 36.5 Å². The Morgan fingerprint density at radius 1 is 1.30 bits per heavy atom. The Hall–Kier alpha value is -2.26. The zero-order chi connectivity index (χ0) is 13.9. The van der Waals surface area contributed by atoms with Gasteiger partial charge in [-0.25, -0.2) is 0 Å². The van der Waals surface area contributed by atoms with Crippen LogP contribution in [0.3, 0.4) is 0 Å². The number of carbonyl (C=O) groups is 1. The fraction of sp³-hybridized carbons (Fsp3) is 0.0714. The van der Waals surface area contributed by atoms with Crippen molar-refractivity contribution in [1.82, 2.24) is 15.2 Å². The molecule has 2 heterocycles. The van der Waals surface area contributed by atoms with E-state index in [1.54, 1.807) is 6.20 Å². The average molecular weight is 284 g/mol. The molecular weight excluding hydrogens is 271 g/mol. The fourth-order valence-electron chi connectivity index (χ4n) is 2.17. The number of rotatable bonds is 4. The fourth-order valence-corrected chi connectivity index (χ4v) is 2.96. The number of carbonyl (C=O) groups excluding carboxylic acids is 1. The average Bonchev–Trinajstić information content (AvgIpc) is 2.88. The van der Waals surface area contributed by atoms with Crippen LogP contribution < -0.4 is 11.2 Å². The van der Waals surface area contributed by atoms with Crippen molar-refractivity contribution in [2.24, 2.45) is 0 Å². The van der Waals surface area contributed by atoms with E-state index in [4.69, 9.17) is 5.73 Å². The largest absolute Gasteiger partial charge is 0.382 e. The van der Waals surface area contributed by atoms with E-state index in [0.717, 1.165) is 33.8 Å². The molecule has 0 aliphatic carbocycles. The molecule has 2 aromatic heterocycles. The summed E-state index contributed by atoms with van der Waals surface area (Å²) in [5.41, 5.74) is 9.64. The lowest BCUT2D eigenvalue weighted by atomic mass is 10.0. The molecule has 0 amide bonds. The summed E-state index contributed by atoms with van der Waals surface area (Å²) < 4.78 is 0. The molecule has 3 aromatic rings. The first kappa shape index (κ1) is 12.8. The molecule has 0 bridgehead atoms. The first-order valence-corrected chi connectivity index (χ1v) is 7.37. The number of hydrogen-bond donors (Lipinski definition) is 2. The molecule has 0 radical (unpaired) electrons. The molecule has 3 N–H and O–H groups in total. The van der Waals surface area contributed by atoms with Gasteiger partial charge in [0.05, 0.1) is 16.3 Å². The number of benzene rings is 1. The summed E-state index contributed by atoms with van der Waals surface area (Å²) in [7, 11) is 0.320. The molecule has 0 saturated heterocycles. The smallest absolute Gasteiger partial charge is 0.153 e. The van der Waals surface area contributed by atoms with Gasteiger partial charge in [0.25, 0.3) is 0 Å². The van der Waals surface area contributed by atoms with Crippen LogP contribution in [0.1, 0.15) is 0 Å². The van der Waals surface area contributed by atoms with E-state index in [1.807, 2.05) is 30.3 Å². The van der Waals surface area contributed by atoms with Crippen LogP contribution in [0.15, 0.2) is 36.5 Å². The van der Waals surface area contributed by atoms with Gasteiger partial charge in [0.15, 0.2) is 5.82 Å². The Kier molecular flexibility index (Phi) is 3.44. The monoisotopic (exact) mass is 284 g/mol. The van der Waals surface area contributed by atoms with Gasteiger partial charge in [-0.05, 0) is 5.56 Å². The zero-order valence-electron chi connectivity index (χ0n) is 10.6. The van der Waals surface area contributed by atoms with Crippen LogP contribution in [-0.2, 0) is 4.79 Å². The summed E-state index contributed by atoms with van der Waals surface area (Å²) in [6.07, 6.45) is 3.17. The number of aromatic amines is 1. The highest BCUT2D eigenvalue weighted by molar-refractivity contribution is 7.48. The first-order chi connectivity index (χ1) is 9.81. The summed E-state index contributed by atoms with van der Waals surface area (Å²) in [6.45, 7) is 0. The molecule has 100 valence electrons. The third kappa shape index (κ3) is 2.17. The number of nitrogens with one attached hydrogen (secondary N) is 1. The lowest BCUT2D eigenvalue weighted by molar-refractivity contribution is -0.105. The summed E-state index contributed by atoms with van der Waals surface area (Å²) in [6, 6.07) is 9.93. The van der Waals surface area contributed by atoms with Crippen molar-refractivity contribution in [1.29, 1.82) is 0 Å². The van der Waals surface area contributed by atoms with Gasteiger partial charge in [-0.1, -0.05) is 38.9 Å². The second-order valence-electron chi connectivity index (χ2n) is 4.29. The Morgan fingerprint density at radius 2 is 2.10 bits per heavy atom. The van der Waals surface area contributed by atoms with Gasteiger partial charge in [-0.3, -0.25) is 10.1 Å². The standard InChI is InChI=1S/C14H13N4OP/c15-13-11-10(9-4-2-1-3-5-9)8-16-14(20-7-6-19)12(11)17-18-13/h1-6,8,20H,7H2,(H3,15,17,18). The van der Waals surface area contributed by atoms with Crippen LogP contribution >= 0.6 is 8.58 Å². The number of hydrogen-bond acceptors (Lipinski definition) is 4. The number of aldehydes is 1. The van der Waals surface area contributed by atoms with Crippen molar-refractivity contribution in [2.75, 3.05) is 11.9 Å². The quantitative estimate of drug-likeness (QED) is 0.564. The third-order valence-electron chi connectivity index (χ3n) is 3.06. The predicted molar refractivity (Wildman–Crippen MR) is 82.6 cm³/mol. The molecule has 1 unspecified atom stereocenters. The van der Waals surface area contributed by atoms with E-state index in [9.17, 15) is 4.79 Å². The highest BCUT2D eigenvalue weighted by Gasteiger charge is 2.14. The van der Waals surface area contributed by atoms with Crippen molar-refractivity contribution >= 4 is 37.0 Å². The molecule has 0 spiro atoms. The first-order valence-electron chi connectivity index (χ1n) is 6.16. The van der Waals surface area contributed by atoms with Gasteiger partial charge in [-0.2, -0.15) is 5.10 Å². The minimum atomic E-state index is 0.320. The van der Waals surface area contributed by atoms with Gasteiger partial charge in [0, 0.05) is 17.9 Å². The number of H-pyrrole nitrogens is 1. The highest BCUT2D eigenvalue weighted by atomic mass is 31.1. The number of nitrogens with zero attached hydrogens (tertiary/aromatic N) is 2. The summed E-state index contributed by atoms with van der Waals surface area (Å²) in [5, 5.41) is 7.88. The van der Waals surface area contributed by atoms with Crippen molar-refractivity contribution in [2.45, 2.75) is 0 Å². The third-order valence-corrected chi connectivity index (χ3v) is 4.15. The van der Waals surface area contributed by atoms with E-state index < -0.39 is 0 Å². The number of nitrogens with two attached hydrogens (primary N) is 1. The van der Waals surface area contributed by atoms with E-state index in [1.165, 1.54) is 0 Å². The Balaban J connectivity index is 2.20. The summed E-state index contributed by atoms with van der Waals surface area (Å²) >= 11 is 0. The molecule has 0 saturated carbocycles. The number of aromatic nitrogens is 3. The van der Waals surface area contributed by atoms with Crippen LogP contribution in [0, 0.1) is 0 Å². The molecule has 0 aliphatic rings. The summed E-state index contributed by atoms with van der Waals surface area (Å²) in [5.74, 6) is 0.457. The zero-order valence-corrected chi connectivity index (χ0v) is 11.6. The molecule has 3 rings (SSSR count). The van der Waals surface area contributed by atoms with Crippen molar-refractivity contribution in [3.63, 3.8) is 0 Å². The van der Waals surface area contributed by atoms with E-state index in [-0.39, 0.29) is 0 Å². The van der Waals surface area contributed by atoms with Crippen LogP contribution in [0.5, 0.6) is 0 Å². The number of nitrogen functional groups attached to an aromatic ring is 1. The maximum atomic E-state index is 10.5. The minimum Gasteiger partial charge on any atom is -0.382 e. The maximum Gasteiger partial charge on any atom is 0.153 e. The van der Waals surface area contributed by atoms with E-state index in [2.05, 4.69) is 15.2 Å². The van der Waals surface area contributed by atoms with Crippen LogP contribution in [0.4, 0.5) is 5.82 Å². The molecule has 1 atom stereocenters. The van der Waals surface area contributed by atoms with Gasteiger partial charge in [0.2, 0.25) is 0 Å². The molecular formula is C14H13N4OP. The van der Waals surface area contributed by atoms with Crippen molar-refractivity contribution < 1.29 is 4.79 Å². The highest BCUT2D eigenvalue weighted by Crippen LogP contribution is 2.31. The molecule has 0 aliphatic heterocycles. The SMILES string of the molecule is Nc1n[nH]c2c(PCC=O)ncc(-c3ccccc3)c12. The van der Waals surface area contributed by atoms with E-state index >= 15 is 0 Å². The summed E-state index contributed by atoms with van der Waals surface area (Å²) in [4.78, 5) is 15.0. The van der Waals surface area contributed by atoms with Crippen LogP contribution in [0.25, 0.3) is 22.0 Å². The number of fused-ring (bicyclic) bond motifs is 1. The Bertz CT molecular complexity index is 754. The Morgan fingerprint density at radius 3 is 2.85 bits per heavy atom. The second-order valence-corrected chi connectivity index (χ2v) is 5.53. The minimum absolute atomic E-state index is 0.320. The van der Waals surface area contributed by atoms with Crippen LogP contribution in [-0.4, -0.2) is 27.6 Å². The molecule has 6 heteroatoms. The van der Waals surface area contributed by atoms with E-state index in [0.29, 0.717) is 20.6 Å². The normalized spacial score (nSPS) is 11.4. The molecule has 20 heavy (non-hydrogen) atoms. The lowest BCUT2D eigenvalue weighted by Crippen LogP contribution is -2.05. The maximum absolute atomic E-state index is 10.5. The van der Waals surface area contributed by atoms with Crippen LogP contribution in [0.2, 0.25) is 0 Å². The van der Waals surface area contributed by atoms with Gasteiger partial charge in [0.1, 0.15) is 6.29 Å².